The van der Waals surface area contributed by atoms with Crippen LogP contribution in [0.1, 0.15) is 45.3 Å². The van der Waals surface area contributed by atoms with Gasteiger partial charge >= 0.3 is 6.09 Å². The lowest BCUT2D eigenvalue weighted by molar-refractivity contribution is 0.00766. The lowest BCUT2D eigenvalue weighted by Crippen LogP contribution is -2.42. The summed E-state index contributed by atoms with van der Waals surface area (Å²) in [5, 5.41) is 10.6. The quantitative estimate of drug-likeness (QED) is 0.830. The van der Waals surface area contributed by atoms with Crippen LogP contribution in [0.5, 0.6) is 0 Å². The molecule has 1 aromatic rings. The Morgan fingerprint density at radius 1 is 1.23 bits per heavy atom. The van der Waals surface area contributed by atoms with Crippen LogP contribution in [0.4, 0.5) is 4.79 Å². The zero-order valence-corrected chi connectivity index (χ0v) is 16.5. The van der Waals surface area contributed by atoms with E-state index in [0.717, 1.165) is 0 Å². The van der Waals surface area contributed by atoms with Crippen LogP contribution < -0.4 is 4.72 Å². The number of rotatable bonds is 4. The van der Waals surface area contributed by atoms with Crippen molar-refractivity contribution in [3.63, 3.8) is 0 Å². The molecule has 0 radical (unpaired) electrons. The molecule has 0 aromatic heterocycles. The summed E-state index contributed by atoms with van der Waals surface area (Å²) >= 11 is 0. The summed E-state index contributed by atoms with van der Waals surface area (Å²) < 4.78 is 31.2. The Kier molecular flexibility index (Phi) is 6.31. The zero-order valence-electron chi connectivity index (χ0n) is 15.7. The van der Waals surface area contributed by atoms with Crippen molar-refractivity contribution in [1.29, 1.82) is 0 Å². The van der Waals surface area contributed by atoms with E-state index in [2.05, 4.69) is 4.72 Å². The van der Waals surface area contributed by atoms with Gasteiger partial charge in [0.15, 0.2) is 0 Å². The van der Waals surface area contributed by atoms with Crippen LogP contribution in [0.3, 0.4) is 0 Å². The van der Waals surface area contributed by atoms with Gasteiger partial charge in [-0.15, -0.1) is 0 Å². The number of nitrogens with one attached hydrogen (secondary N) is 1. The number of sulfonamides is 1. The van der Waals surface area contributed by atoms with Crippen molar-refractivity contribution in [3.05, 3.63) is 29.8 Å². The van der Waals surface area contributed by atoms with Crippen LogP contribution in [0, 0.1) is 5.92 Å². The average molecular weight is 384 g/mol. The van der Waals surface area contributed by atoms with Crippen molar-refractivity contribution in [3.8, 4) is 0 Å². The average Bonchev–Trinajstić information content (AvgIpc) is 2.60. The number of nitrogens with zero attached hydrogens (tertiary/aromatic N) is 1. The Morgan fingerprint density at radius 2 is 1.77 bits per heavy atom. The van der Waals surface area contributed by atoms with Crippen molar-refractivity contribution < 1.29 is 23.1 Å². The molecule has 2 rings (SSSR count). The van der Waals surface area contributed by atoms with Gasteiger partial charge in [0.1, 0.15) is 5.60 Å². The first kappa shape index (κ1) is 20.7. The highest BCUT2D eigenvalue weighted by Gasteiger charge is 2.30. The third-order valence-electron chi connectivity index (χ3n) is 4.44. The standard InChI is InChI=1S/C18H28N2O5S/c1-18(2,3)25-17(22)20-11-9-14(10-12-20)16(21)13-5-7-15(8-6-13)26(23,24)19-4/h5-8,14,16,19,21H,9-12H2,1-4H3/t16-/m0/s1. The lowest BCUT2D eigenvalue weighted by atomic mass is 9.87. The Morgan fingerprint density at radius 3 is 2.23 bits per heavy atom. The maximum atomic E-state index is 12.1. The summed E-state index contributed by atoms with van der Waals surface area (Å²) in [6.07, 6.45) is 0.308. The van der Waals surface area contributed by atoms with Crippen LogP contribution >= 0.6 is 0 Å². The normalized spacial score (nSPS) is 17.8. The van der Waals surface area contributed by atoms with Crippen LogP contribution in [0.15, 0.2) is 29.2 Å². The topological polar surface area (TPSA) is 95.9 Å². The number of likely N-dealkylation sites (tertiary alicyclic amines) is 1. The first-order valence-corrected chi connectivity index (χ1v) is 10.2. The molecule has 0 unspecified atom stereocenters. The van der Waals surface area contributed by atoms with E-state index in [9.17, 15) is 18.3 Å². The first-order valence-electron chi connectivity index (χ1n) is 8.73. The van der Waals surface area contributed by atoms with Gasteiger partial charge in [0.25, 0.3) is 0 Å². The van der Waals surface area contributed by atoms with Crippen LogP contribution in [-0.4, -0.2) is 50.3 Å². The number of hydrogen-bond donors (Lipinski definition) is 2. The number of aliphatic hydroxyl groups is 1. The highest BCUT2D eigenvalue weighted by molar-refractivity contribution is 7.89. The van der Waals surface area contributed by atoms with E-state index in [4.69, 9.17) is 4.74 Å². The number of hydrogen-bond acceptors (Lipinski definition) is 5. The Bertz CT molecular complexity index is 717. The molecule has 1 heterocycles. The van der Waals surface area contributed by atoms with Gasteiger partial charge in [-0.25, -0.2) is 17.9 Å². The van der Waals surface area contributed by atoms with Gasteiger partial charge < -0.3 is 14.7 Å². The molecule has 0 bridgehead atoms. The van der Waals surface area contributed by atoms with Crippen molar-refractivity contribution >= 4 is 16.1 Å². The fourth-order valence-corrected chi connectivity index (χ4v) is 3.69. The van der Waals surface area contributed by atoms with Gasteiger partial charge in [0.05, 0.1) is 11.0 Å². The molecule has 1 amide bonds. The largest absolute Gasteiger partial charge is 0.444 e. The molecule has 1 atom stereocenters. The van der Waals surface area contributed by atoms with E-state index in [1.165, 1.54) is 19.2 Å². The fourth-order valence-electron chi connectivity index (χ4n) is 2.96. The van der Waals surface area contributed by atoms with E-state index >= 15 is 0 Å². The number of piperidine rings is 1. The van der Waals surface area contributed by atoms with Gasteiger partial charge in [-0.2, -0.15) is 0 Å². The van der Waals surface area contributed by atoms with Gasteiger partial charge in [0, 0.05) is 13.1 Å². The summed E-state index contributed by atoms with van der Waals surface area (Å²) in [5.41, 5.74) is 0.152. The fraction of sp³-hybridized carbons (Fsp3) is 0.611. The molecule has 1 fully saturated rings. The van der Waals surface area contributed by atoms with E-state index < -0.39 is 21.7 Å². The molecule has 7 nitrogen and oxygen atoms in total. The first-order chi connectivity index (χ1) is 12.0. The second-order valence-electron chi connectivity index (χ2n) is 7.53. The zero-order chi connectivity index (χ0) is 19.5. The molecule has 146 valence electrons. The highest BCUT2D eigenvalue weighted by Crippen LogP contribution is 2.31. The summed E-state index contributed by atoms with van der Waals surface area (Å²) in [7, 11) is -2.13. The molecule has 26 heavy (non-hydrogen) atoms. The van der Waals surface area contributed by atoms with Crippen molar-refractivity contribution in [2.24, 2.45) is 5.92 Å². The molecule has 0 aliphatic carbocycles. The predicted molar refractivity (Wildman–Crippen MR) is 98.2 cm³/mol. The highest BCUT2D eigenvalue weighted by atomic mass is 32.2. The summed E-state index contributed by atoms with van der Waals surface area (Å²) in [6, 6.07) is 6.24. The molecule has 0 spiro atoms. The van der Waals surface area contributed by atoms with Crippen LogP contribution in [-0.2, 0) is 14.8 Å². The minimum absolute atomic E-state index is 0.0143. The van der Waals surface area contributed by atoms with Crippen molar-refractivity contribution in [1.82, 2.24) is 9.62 Å². The van der Waals surface area contributed by atoms with Crippen LogP contribution in [0.25, 0.3) is 0 Å². The molecular formula is C18H28N2O5S. The van der Waals surface area contributed by atoms with Gasteiger partial charge in [0.2, 0.25) is 10.0 Å². The lowest BCUT2D eigenvalue weighted by Gasteiger charge is -2.35. The van der Waals surface area contributed by atoms with Crippen LogP contribution in [0.2, 0.25) is 0 Å². The molecule has 1 aliphatic rings. The molecule has 2 N–H and O–H groups in total. The monoisotopic (exact) mass is 384 g/mol. The van der Waals surface area contributed by atoms with Gasteiger partial charge in [-0.05, 0) is 64.3 Å². The molecule has 1 aliphatic heterocycles. The van der Waals surface area contributed by atoms with Crippen molar-refractivity contribution in [2.75, 3.05) is 20.1 Å². The molecular weight excluding hydrogens is 356 g/mol. The maximum absolute atomic E-state index is 12.1. The molecule has 1 saturated heterocycles. The molecule has 0 saturated carbocycles. The Labute approximate surface area is 155 Å². The second-order valence-corrected chi connectivity index (χ2v) is 9.41. The molecule has 1 aromatic carbocycles. The number of carbonyl (C=O) groups excluding carboxylic acids is 1. The van der Waals surface area contributed by atoms with Crippen molar-refractivity contribution in [2.45, 2.75) is 50.2 Å². The molecule has 8 heteroatoms. The maximum Gasteiger partial charge on any atom is 0.410 e. The Balaban J connectivity index is 1.96. The second kappa shape index (κ2) is 7.94. The Hall–Kier alpha value is -1.64. The summed E-state index contributed by atoms with van der Waals surface area (Å²) in [5.74, 6) is 0.0143. The van der Waals surface area contributed by atoms with Gasteiger partial charge in [-0.1, -0.05) is 12.1 Å². The third kappa shape index (κ3) is 5.18. The minimum atomic E-state index is -3.49. The number of amides is 1. The smallest absolute Gasteiger partial charge is 0.410 e. The number of aliphatic hydroxyl groups excluding tert-OH is 1. The third-order valence-corrected chi connectivity index (χ3v) is 5.87. The number of ether oxygens (including phenoxy) is 1. The van der Waals surface area contributed by atoms with E-state index in [1.54, 1.807) is 17.0 Å². The number of benzene rings is 1. The SMILES string of the molecule is CNS(=O)(=O)c1ccc([C@H](O)C2CCN(C(=O)OC(C)(C)C)CC2)cc1. The number of carbonyl (C=O) groups is 1. The van der Waals surface area contributed by atoms with E-state index in [1.807, 2.05) is 20.8 Å². The summed E-state index contributed by atoms with van der Waals surface area (Å²) in [6.45, 7) is 6.56. The predicted octanol–water partition coefficient (Wildman–Crippen LogP) is 2.28. The summed E-state index contributed by atoms with van der Waals surface area (Å²) in [4.78, 5) is 13.9. The van der Waals surface area contributed by atoms with Gasteiger partial charge in [-0.3, -0.25) is 0 Å². The minimum Gasteiger partial charge on any atom is -0.444 e. The van der Waals surface area contributed by atoms with E-state index in [-0.39, 0.29) is 16.9 Å². The van der Waals surface area contributed by atoms with E-state index in [0.29, 0.717) is 31.5 Å².